The van der Waals surface area contributed by atoms with E-state index in [4.69, 9.17) is 17.0 Å². The lowest BCUT2D eigenvalue weighted by atomic mass is 10.2. The van der Waals surface area contributed by atoms with E-state index < -0.39 is 11.8 Å². The van der Waals surface area contributed by atoms with Crippen molar-refractivity contribution in [2.45, 2.75) is 0 Å². The van der Waals surface area contributed by atoms with Crippen LogP contribution >= 0.6 is 24.0 Å². The van der Waals surface area contributed by atoms with Crippen LogP contribution < -0.4 is 10.2 Å². The van der Waals surface area contributed by atoms with Gasteiger partial charge in [0, 0.05) is 5.56 Å². The van der Waals surface area contributed by atoms with Crippen molar-refractivity contribution < 1.29 is 19.4 Å². The third-order valence-electron chi connectivity index (χ3n) is 3.58. The Labute approximate surface area is 159 Å². The topological polar surface area (TPSA) is 78.9 Å². The number of nitrogens with zero attached hydrogens (tertiary/aromatic N) is 1. The van der Waals surface area contributed by atoms with Gasteiger partial charge in [0.25, 0.3) is 11.8 Å². The first-order valence-corrected chi connectivity index (χ1v) is 8.73. The van der Waals surface area contributed by atoms with Crippen LogP contribution in [0.2, 0.25) is 0 Å². The summed E-state index contributed by atoms with van der Waals surface area (Å²) in [5.74, 6) is -0.636. The molecule has 8 heteroatoms. The molecule has 132 valence electrons. The van der Waals surface area contributed by atoms with Crippen LogP contribution in [0.4, 0.5) is 0 Å². The fourth-order valence-corrected chi connectivity index (χ4v) is 3.49. The molecule has 0 bridgehead atoms. The molecule has 0 aromatic heterocycles. The Morgan fingerprint density at radius 1 is 1.23 bits per heavy atom. The summed E-state index contributed by atoms with van der Waals surface area (Å²) in [6.07, 6.45) is 1.66. The molecular formula is C18H14N2O4S2. The molecule has 1 aliphatic rings. The minimum Gasteiger partial charge on any atom is -0.507 e. The van der Waals surface area contributed by atoms with Crippen LogP contribution in [-0.2, 0) is 4.79 Å². The van der Waals surface area contributed by atoms with Crippen LogP contribution in [0, 0.1) is 0 Å². The molecule has 2 aromatic carbocycles. The van der Waals surface area contributed by atoms with Crippen molar-refractivity contribution in [1.82, 2.24) is 10.4 Å². The number of aromatic hydroxyl groups is 1. The summed E-state index contributed by atoms with van der Waals surface area (Å²) in [7, 11) is 1.55. The van der Waals surface area contributed by atoms with Gasteiger partial charge in [0.2, 0.25) is 0 Å². The van der Waals surface area contributed by atoms with Gasteiger partial charge in [-0.3, -0.25) is 15.0 Å². The summed E-state index contributed by atoms with van der Waals surface area (Å²) >= 11 is 6.27. The Morgan fingerprint density at radius 3 is 2.65 bits per heavy atom. The molecule has 0 spiro atoms. The zero-order valence-electron chi connectivity index (χ0n) is 13.6. The van der Waals surface area contributed by atoms with Crippen LogP contribution in [0.15, 0.2) is 53.4 Å². The van der Waals surface area contributed by atoms with Gasteiger partial charge < -0.3 is 9.84 Å². The number of phenols is 1. The third-order valence-corrected chi connectivity index (χ3v) is 4.88. The van der Waals surface area contributed by atoms with Crippen molar-refractivity contribution in [3.8, 4) is 11.5 Å². The fourth-order valence-electron chi connectivity index (χ4n) is 2.32. The SMILES string of the molecule is COc1ccccc1/C=C1\SC(=S)N(NC(=O)c2ccccc2O)C1=O. The van der Waals surface area contributed by atoms with Crippen molar-refractivity contribution in [1.29, 1.82) is 0 Å². The number of benzene rings is 2. The summed E-state index contributed by atoms with van der Waals surface area (Å²) in [6.45, 7) is 0. The molecule has 0 radical (unpaired) electrons. The number of carbonyl (C=O) groups is 2. The van der Waals surface area contributed by atoms with Gasteiger partial charge in [0.05, 0.1) is 17.6 Å². The number of amides is 2. The molecule has 0 atom stereocenters. The highest BCUT2D eigenvalue weighted by molar-refractivity contribution is 8.26. The zero-order chi connectivity index (χ0) is 18.7. The number of rotatable bonds is 4. The molecule has 1 heterocycles. The molecule has 2 N–H and O–H groups in total. The average molecular weight is 386 g/mol. The van der Waals surface area contributed by atoms with Crippen LogP contribution in [0.1, 0.15) is 15.9 Å². The highest BCUT2D eigenvalue weighted by Crippen LogP contribution is 2.33. The Hall–Kier alpha value is -2.84. The van der Waals surface area contributed by atoms with Crippen LogP contribution in [0.25, 0.3) is 6.08 Å². The van der Waals surface area contributed by atoms with Crippen molar-refractivity contribution in [3.63, 3.8) is 0 Å². The predicted octanol–water partition coefficient (Wildman–Crippen LogP) is 2.95. The lowest BCUT2D eigenvalue weighted by Gasteiger charge is -2.16. The summed E-state index contributed by atoms with van der Waals surface area (Å²) in [5.41, 5.74) is 3.21. The van der Waals surface area contributed by atoms with Crippen LogP contribution in [-0.4, -0.2) is 33.4 Å². The number of para-hydroxylation sites is 2. The second-order valence-corrected chi connectivity index (χ2v) is 6.89. The molecule has 1 fully saturated rings. The minimum atomic E-state index is -0.627. The zero-order valence-corrected chi connectivity index (χ0v) is 15.3. The summed E-state index contributed by atoms with van der Waals surface area (Å²) in [5, 5.41) is 10.8. The Kier molecular flexibility index (Phi) is 5.24. The maximum atomic E-state index is 12.6. The van der Waals surface area contributed by atoms with E-state index in [0.717, 1.165) is 22.3 Å². The number of thioether (sulfide) groups is 1. The number of hydrazine groups is 1. The lowest BCUT2D eigenvalue weighted by molar-refractivity contribution is -0.123. The van der Waals surface area contributed by atoms with Gasteiger partial charge >= 0.3 is 0 Å². The van der Waals surface area contributed by atoms with E-state index in [0.29, 0.717) is 10.7 Å². The Morgan fingerprint density at radius 2 is 1.92 bits per heavy atom. The van der Waals surface area contributed by atoms with Crippen molar-refractivity contribution in [2.75, 3.05) is 7.11 Å². The first-order chi connectivity index (χ1) is 12.5. The molecule has 3 rings (SSSR count). The molecule has 2 aromatic rings. The standard InChI is InChI=1S/C18H14N2O4S2/c1-24-14-9-5-2-6-11(14)10-15-17(23)20(18(25)26-15)19-16(22)12-7-3-4-8-13(12)21/h2-10,21H,1H3,(H,19,22)/b15-10-. The molecule has 26 heavy (non-hydrogen) atoms. The maximum absolute atomic E-state index is 12.6. The quantitative estimate of drug-likeness (QED) is 0.621. The number of thiocarbonyl (C=S) groups is 1. The number of hydrogen-bond acceptors (Lipinski definition) is 6. The number of nitrogens with one attached hydrogen (secondary N) is 1. The van der Waals surface area contributed by atoms with Crippen molar-refractivity contribution >= 4 is 46.2 Å². The number of ether oxygens (including phenoxy) is 1. The Balaban J connectivity index is 1.82. The summed E-state index contributed by atoms with van der Waals surface area (Å²) in [6, 6.07) is 13.3. The van der Waals surface area contributed by atoms with E-state index in [9.17, 15) is 14.7 Å². The van der Waals surface area contributed by atoms with Gasteiger partial charge in [0.1, 0.15) is 11.5 Å². The van der Waals surface area contributed by atoms with E-state index in [1.54, 1.807) is 31.4 Å². The molecule has 0 saturated carbocycles. The second-order valence-electron chi connectivity index (χ2n) is 5.22. The lowest BCUT2D eigenvalue weighted by Crippen LogP contribution is -2.44. The second kappa shape index (κ2) is 7.59. The largest absolute Gasteiger partial charge is 0.507 e. The van der Waals surface area contributed by atoms with Gasteiger partial charge in [-0.2, -0.15) is 5.01 Å². The summed E-state index contributed by atoms with van der Waals surface area (Å²) < 4.78 is 5.47. The van der Waals surface area contributed by atoms with E-state index >= 15 is 0 Å². The number of methoxy groups -OCH3 is 1. The average Bonchev–Trinajstić information content (AvgIpc) is 2.90. The number of phenolic OH excluding ortho intramolecular Hbond substituents is 1. The van der Waals surface area contributed by atoms with Crippen LogP contribution in [0.5, 0.6) is 11.5 Å². The van der Waals surface area contributed by atoms with Crippen LogP contribution in [0.3, 0.4) is 0 Å². The fraction of sp³-hybridized carbons (Fsp3) is 0.0556. The first-order valence-electron chi connectivity index (χ1n) is 7.51. The third kappa shape index (κ3) is 3.56. The monoisotopic (exact) mass is 386 g/mol. The highest BCUT2D eigenvalue weighted by Gasteiger charge is 2.34. The smallest absolute Gasteiger partial charge is 0.285 e. The van der Waals surface area contributed by atoms with E-state index in [1.165, 1.54) is 12.1 Å². The van der Waals surface area contributed by atoms with Gasteiger partial charge in [-0.15, -0.1) is 0 Å². The molecule has 6 nitrogen and oxygen atoms in total. The van der Waals surface area contributed by atoms with E-state index in [-0.39, 0.29) is 15.6 Å². The van der Waals surface area contributed by atoms with E-state index in [2.05, 4.69) is 5.43 Å². The highest BCUT2D eigenvalue weighted by atomic mass is 32.2. The normalized spacial score (nSPS) is 15.4. The molecular weight excluding hydrogens is 372 g/mol. The van der Waals surface area contributed by atoms with Gasteiger partial charge in [-0.1, -0.05) is 42.1 Å². The van der Waals surface area contributed by atoms with Crippen molar-refractivity contribution in [2.24, 2.45) is 0 Å². The molecule has 1 aliphatic heterocycles. The first kappa shape index (κ1) is 18.0. The maximum Gasteiger partial charge on any atom is 0.285 e. The Bertz CT molecular complexity index is 927. The molecule has 1 saturated heterocycles. The molecule has 0 aliphatic carbocycles. The molecule has 0 unspecified atom stereocenters. The van der Waals surface area contributed by atoms with Gasteiger partial charge in [-0.05, 0) is 36.5 Å². The minimum absolute atomic E-state index is 0.0512. The van der Waals surface area contributed by atoms with E-state index in [1.807, 2.05) is 18.2 Å². The van der Waals surface area contributed by atoms with Gasteiger partial charge in [-0.25, -0.2) is 0 Å². The predicted molar refractivity (Wildman–Crippen MR) is 104 cm³/mol. The molecule has 2 amide bonds. The number of hydrogen-bond donors (Lipinski definition) is 2. The number of carbonyl (C=O) groups excluding carboxylic acids is 2. The van der Waals surface area contributed by atoms with Crippen molar-refractivity contribution in [3.05, 3.63) is 64.6 Å². The van der Waals surface area contributed by atoms with Gasteiger partial charge in [0.15, 0.2) is 4.32 Å². The summed E-state index contributed by atoms with van der Waals surface area (Å²) in [4.78, 5) is 25.3.